The Morgan fingerprint density at radius 1 is 0.800 bits per heavy atom. The molecule has 0 saturated heterocycles. The van der Waals surface area contributed by atoms with E-state index in [1.165, 1.54) is 36.9 Å². The zero-order valence-electron chi connectivity index (χ0n) is 9.89. The summed E-state index contributed by atoms with van der Waals surface area (Å²) in [7, 11) is 0. The van der Waals surface area contributed by atoms with Gasteiger partial charge in [-0.05, 0) is 62.3 Å². The molecule has 0 aliphatic rings. The van der Waals surface area contributed by atoms with Crippen LogP contribution < -0.4 is 0 Å². The highest BCUT2D eigenvalue weighted by atomic mass is 32.1. The zero-order valence-corrected chi connectivity index (χ0v) is 11.5. The second-order valence-corrected chi connectivity index (χ2v) is 6.21. The summed E-state index contributed by atoms with van der Waals surface area (Å²) >= 11 is 3.81. The Kier molecular flexibility index (Phi) is 2.73. The third kappa shape index (κ3) is 1.66. The minimum Gasteiger partial charge on any atom is -0.142 e. The van der Waals surface area contributed by atoms with Crippen LogP contribution in [-0.2, 0) is 0 Å². The van der Waals surface area contributed by atoms with Crippen LogP contribution in [0.1, 0.15) is 27.1 Å². The van der Waals surface area contributed by atoms with Crippen molar-refractivity contribution in [3.8, 4) is 9.75 Å². The number of aryl methyl sites for hydroxylation is 2. The lowest BCUT2D eigenvalue weighted by atomic mass is 10.1. The van der Waals surface area contributed by atoms with Crippen molar-refractivity contribution >= 4 is 22.7 Å². The van der Waals surface area contributed by atoms with E-state index < -0.39 is 0 Å². The second kappa shape index (κ2) is 3.76. The molecule has 2 rings (SSSR count). The van der Waals surface area contributed by atoms with Gasteiger partial charge in [0, 0.05) is 14.6 Å². The normalized spacial score (nSPS) is 11.0. The molecule has 0 amide bonds. The average Bonchev–Trinajstić information content (AvgIpc) is 2.64. The molecule has 2 aromatic heterocycles. The molecule has 0 aliphatic heterocycles. The molecule has 2 aromatic rings. The molecule has 0 spiro atoms. The first kappa shape index (κ1) is 10.9. The van der Waals surface area contributed by atoms with Crippen LogP contribution in [0.5, 0.6) is 0 Å². The zero-order chi connectivity index (χ0) is 11.2. The Morgan fingerprint density at radius 2 is 1.47 bits per heavy atom. The van der Waals surface area contributed by atoms with Gasteiger partial charge >= 0.3 is 0 Å². The van der Waals surface area contributed by atoms with E-state index >= 15 is 0 Å². The summed E-state index contributed by atoms with van der Waals surface area (Å²) in [6.07, 6.45) is 0. The van der Waals surface area contributed by atoms with Gasteiger partial charge in [0.05, 0.1) is 0 Å². The average molecular weight is 236 g/mol. The molecule has 0 aliphatic carbocycles. The molecule has 80 valence electrons. The van der Waals surface area contributed by atoms with Crippen LogP contribution >= 0.6 is 22.7 Å². The molecule has 2 heteroatoms. The lowest BCUT2D eigenvalue weighted by molar-refractivity contribution is 1.35. The molecule has 15 heavy (non-hydrogen) atoms. The number of rotatable bonds is 1. The molecular weight excluding hydrogens is 220 g/mol. The molecule has 0 bridgehead atoms. The highest BCUT2D eigenvalue weighted by molar-refractivity contribution is 7.21. The van der Waals surface area contributed by atoms with E-state index in [9.17, 15) is 0 Å². The van der Waals surface area contributed by atoms with Crippen LogP contribution in [0.3, 0.4) is 0 Å². The van der Waals surface area contributed by atoms with E-state index in [2.05, 4.69) is 40.0 Å². The molecule has 0 atom stereocenters. The standard InChI is InChI=1S/C13H16S2/c1-7-6-14-12(8(7)2)13-10(4)9(3)11(5)15-13/h6H,1-5H3. The van der Waals surface area contributed by atoms with Crippen molar-refractivity contribution < 1.29 is 0 Å². The summed E-state index contributed by atoms with van der Waals surface area (Å²) in [5, 5.41) is 2.26. The lowest BCUT2D eigenvalue weighted by Gasteiger charge is -1.99. The molecule has 0 aromatic carbocycles. The van der Waals surface area contributed by atoms with Crippen LogP contribution in [0.4, 0.5) is 0 Å². The summed E-state index contributed by atoms with van der Waals surface area (Å²) in [5.41, 5.74) is 5.78. The van der Waals surface area contributed by atoms with E-state index in [1.54, 1.807) is 0 Å². The molecule has 0 nitrogen and oxygen atoms in total. The number of thiophene rings is 2. The molecular formula is C13H16S2. The fraction of sp³-hybridized carbons (Fsp3) is 0.385. The maximum Gasteiger partial charge on any atom is 0.0480 e. The quantitative estimate of drug-likeness (QED) is 0.652. The molecule has 2 heterocycles. The monoisotopic (exact) mass is 236 g/mol. The molecule has 0 unspecified atom stereocenters. The van der Waals surface area contributed by atoms with Gasteiger partial charge in [0.1, 0.15) is 0 Å². The van der Waals surface area contributed by atoms with Gasteiger partial charge in [-0.1, -0.05) is 0 Å². The van der Waals surface area contributed by atoms with E-state index in [-0.39, 0.29) is 0 Å². The maximum absolute atomic E-state index is 2.26. The van der Waals surface area contributed by atoms with Crippen molar-refractivity contribution in [3.63, 3.8) is 0 Å². The van der Waals surface area contributed by atoms with Gasteiger partial charge in [-0.15, -0.1) is 22.7 Å². The van der Waals surface area contributed by atoms with E-state index in [4.69, 9.17) is 0 Å². The summed E-state index contributed by atoms with van der Waals surface area (Å²) in [5.74, 6) is 0. The Hall–Kier alpha value is -0.600. The Balaban J connectivity index is 2.64. The highest BCUT2D eigenvalue weighted by Gasteiger charge is 2.14. The number of hydrogen-bond acceptors (Lipinski definition) is 2. The Morgan fingerprint density at radius 3 is 1.87 bits per heavy atom. The van der Waals surface area contributed by atoms with Crippen molar-refractivity contribution in [1.29, 1.82) is 0 Å². The summed E-state index contributed by atoms with van der Waals surface area (Å²) in [4.78, 5) is 4.39. The van der Waals surface area contributed by atoms with Crippen molar-refractivity contribution in [2.45, 2.75) is 34.6 Å². The van der Waals surface area contributed by atoms with Crippen molar-refractivity contribution in [2.24, 2.45) is 0 Å². The first-order valence-electron chi connectivity index (χ1n) is 5.14. The van der Waals surface area contributed by atoms with Gasteiger partial charge in [-0.3, -0.25) is 0 Å². The van der Waals surface area contributed by atoms with Crippen molar-refractivity contribution in [1.82, 2.24) is 0 Å². The number of hydrogen-bond donors (Lipinski definition) is 0. The van der Waals surface area contributed by atoms with Crippen molar-refractivity contribution in [3.05, 3.63) is 32.5 Å². The Bertz CT molecular complexity index is 501. The van der Waals surface area contributed by atoms with Gasteiger partial charge in [-0.2, -0.15) is 0 Å². The molecule has 0 fully saturated rings. The Labute approximate surface area is 99.6 Å². The van der Waals surface area contributed by atoms with Crippen LogP contribution in [0.25, 0.3) is 9.75 Å². The van der Waals surface area contributed by atoms with Gasteiger partial charge in [0.25, 0.3) is 0 Å². The third-order valence-corrected chi connectivity index (χ3v) is 5.85. The van der Waals surface area contributed by atoms with Gasteiger partial charge < -0.3 is 0 Å². The third-order valence-electron chi connectivity index (χ3n) is 3.18. The van der Waals surface area contributed by atoms with Gasteiger partial charge in [0.15, 0.2) is 0 Å². The second-order valence-electron chi connectivity index (χ2n) is 4.11. The fourth-order valence-electron chi connectivity index (χ4n) is 1.68. The lowest BCUT2D eigenvalue weighted by Crippen LogP contribution is -1.78. The SMILES string of the molecule is Cc1csc(-c2sc(C)c(C)c2C)c1C. The summed E-state index contributed by atoms with van der Waals surface area (Å²) < 4.78 is 0. The minimum atomic E-state index is 1.41. The summed E-state index contributed by atoms with van der Waals surface area (Å²) in [6.45, 7) is 11.1. The van der Waals surface area contributed by atoms with Crippen LogP contribution in [-0.4, -0.2) is 0 Å². The molecule has 0 radical (unpaired) electrons. The fourth-order valence-corrected chi connectivity index (χ4v) is 4.19. The molecule has 0 N–H and O–H groups in total. The van der Waals surface area contributed by atoms with Crippen LogP contribution in [0.15, 0.2) is 5.38 Å². The van der Waals surface area contributed by atoms with Crippen LogP contribution in [0.2, 0.25) is 0 Å². The molecule has 0 saturated carbocycles. The van der Waals surface area contributed by atoms with E-state index in [0.717, 1.165) is 0 Å². The first-order valence-corrected chi connectivity index (χ1v) is 6.83. The van der Waals surface area contributed by atoms with Crippen molar-refractivity contribution in [2.75, 3.05) is 0 Å². The topological polar surface area (TPSA) is 0 Å². The maximum atomic E-state index is 2.26. The largest absolute Gasteiger partial charge is 0.142 e. The van der Waals surface area contributed by atoms with Gasteiger partial charge in [-0.25, -0.2) is 0 Å². The van der Waals surface area contributed by atoms with Gasteiger partial charge in [0.2, 0.25) is 0 Å². The smallest absolute Gasteiger partial charge is 0.0480 e. The minimum absolute atomic E-state index is 1.41. The summed E-state index contributed by atoms with van der Waals surface area (Å²) in [6, 6.07) is 0. The van der Waals surface area contributed by atoms with E-state index in [0.29, 0.717) is 0 Å². The highest BCUT2D eigenvalue weighted by Crippen LogP contribution is 2.40. The predicted octanol–water partition coefficient (Wildman–Crippen LogP) is 5.02. The van der Waals surface area contributed by atoms with E-state index in [1.807, 2.05) is 22.7 Å². The predicted molar refractivity (Wildman–Crippen MR) is 71.3 cm³/mol. The van der Waals surface area contributed by atoms with Crippen LogP contribution in [0, 0.1) is 34.6 Å². The first-order chi connectivity index (χ1) is 7.02.